The van der Waals surface area contributed by atoms with E-state index >= 15 is 0 Å². The van der Waals surface area contributed by atoms with E-state index in [9.17, 15) is 0 Å². The molecule has 1 heterocycles. The Bertz CT molecular complexity index is 661. The molecule has 0 spiro atoms. The lowest BCUT2D eigenvalue weighted by molar-refractivity contribution is 0.515. The summed E-state index contributed by atoms with van der Waals surface area (Å²) >= 11 is 12.6. The second kappa shape index (κ2) is 5.74. The maximum atomic E-state index is 6.29. The summed E-state index contributed by atoms with van der Waals surface area (Å²) in [5.41, 5.74) is 7.44. The number of nitrogens with zero attached hydrogens (tertiary/aromatic N) is 2. The number of anilines is 1. The average molecular weight is 324 g/mol. The van der Waals surface area contributed by atoms with Crippen molar-refractivity contribution in [3.05, 3.63) is 46.7 Å². The van der Waals surface area contributed by atoms with Crippen LogP contribution in [-0.2, 0) is 12.0 Å². The third kappa shape index (κ3) is 2.94. The van der Waals surface area contributed by atoms with Gasteiger partial charge in [-0.3, -0.25) is 0 Å². The van der Waals surface area contributed by atoms with Gasteiger partial charge in [-0.25, -0.2) is 4.98 Å². The van der Waals surface area contributed by atoms with E-state index in [4.69, 9.17) is 33.9 Å². The third-order valence-corrected chi connectivity index (χ3v) is 3.82. The van der Waals surface area contributed by atoms with E-state index in [1.165, 1.54) is 0 Å². The molecule has 0 saturated carbocycles. The minimum absolute atomic E-state index is 0.150. The number of hydrogen-bond acceptors (Lipinski definition) is 2. The Hall–Kier alpha value is -1.45. The monoisotopic (exact) mass is 323 g/mol. The van der Waals surface area contributed by atoms with Crippen molar-refractivity contribution in [2.75, 3.05) is 5.73 Å². The Labute approximate surface area is 135 Å². The van der Waals surface area contributed by atoms with Gasteiger partial charge >= 0.3 is 0 Å². The molecule has 3 nitrogen and oxygen atoms in total. The molecule has 0 atom stereocenters. The van der Waals surface area contributed by atoms with Crippen LogP contribution in [-0.4, -0.2) is 9.55 Å². The zero-order valence-electron chi connectivity index (χ0n) is 12.5. The first-order chi connectivity index (χ1) is 9.77. The minimum atomic E-state index is -0.150. The van der Waals surface area contributed by atoms with Crippen LogP contribution in [0.2, 0.25) is 10.0 Å². The second-order valence-electron chi connectivity index (χ2n) is 5.92. The zero-order chi connectivity index (χ0) is 15.8. The van der Waals surface area contributed by atoms with Crippen molar-refractivity contribution in [1.29, 1.82) is 0 Å². The highest BCUT2D eigenvalue weighted by Gasteiger charge is 2.26. The molecular formula is C16H19Cl2N3. The van der Waals surface area contributed by atoms with Gasteiger partial charge in [0.1, 0.15) is 17.3 Å². The van der Waals surface area contributed by atoms with Crippen LogP contribution in [0, 0.1) is 0 Å². The fourth-order valence-corrected chi connectivity index (χ4v) is 2.84. The number of imidazole rings is 1. The molecule has 0 fully saturated rings. The molecule has 2 aromatic rings. The van der Waals surface area contributed by atoms with Crippen molar-refractivity contribution in [2.24, 2.45) is 0 Å². The highest BCUT2D eigenvalue weighted by atomic mass is 35.5. The number of nitrogens with two attached hydrogens (primary N) is 1. The summed E-state index contributed by atoms with van der Waals surface area (Å²) in [6, 6.07) is 5.37. The molecule has 0 amide bonds. The fraction of sp³-hybridized carbons (Fsp3) is 0.312. The molecule has 0 bridgehead atoms. The Balaban J connectivity index is 2.74. The van der Waals surface area contributed by atoms with Crippen LogP contribution in [0.3, 0.4) is 0 Å². The first-order valence-corrected chi connectivity index (χ1v) is 7.44. The number of hydrogen-bond donors (Lipinski definition) is 1. The predicted octanol–water partition coefficient (Wildman–Crippen LogP) is 4.92. The highest BCUT2D eigenvalue weighted by Crippen LogP contribution is 2.39. The van der Waals surface area contributed by atoms with E-state index in [0.29, 0.717) is 33.7 Å². The van der Waals surface area contributed by atoms with Gasteiger partial charge in [-0.15, -0.1) is 6.58 Å². The molecule has 0 unspecified atom stereocenters. The van der Waals surface area contributed by atoms with Crippen molar-refractivity contribution in [3.63, 3.8) is 0 Å². The van der Waals surface area contributed by atoms with Gasteiger partial charge in [0.05, 0.1) is 10.0 Å². The number of allylic oxidation sites excluding steroid dienone is 1. The van der Waals surface area contributed by atoms with Gasteiger partial charge in [-0.1, -0.05) is 56.1 Å². The highest BCUT2D eigenvalue weighted by molar-refractivity contribution is 6.39. The predicted molar refractivity (Wildman–Crippen MR) is 91.0 cm³/mol. The van der Waals surface area contributed by atoms with Gasteiger partial charge in [-0.05, 0) is 12.1 Å². The quantitative estimate of drug-likeness (QED) is 0.814. The van der Waals surface area contributed by atoms with Gasteiger partial charge in [0.2, 0.25) is 0 Å². The maximum absolute atomic E-state index is 6.29. The van der Waals surface area contributed by atoms with Crippen LogP contribution >= 0.6 is 23.2 Å². The molecule has 1 aromatic heterocycles. The molecule has 0 radical (unpaired) electrons. The summed E-state index contributed by atoms with van der Waals surface area (Å²) in [5, 5.41) is 1.08. The molecule has 0 aliphatic carbocycles. The standard InChI is InChI=1S/C16H19Cl2N3/c1-5-9-21-14(19)13(20-15(21)16(2,3)4)12-10(17)7-6-8-11(12)18/h5-8H,1,9,19H2,2-4H3. The molecule has 2 N–H and O–H groups in total. The summed E-state index contributed by atoms with van der Waals surface area (Å²) in [7, 11) is 0. The maximum Gasteiger partial charge on any atom is 0.132 e. The zero-order valence-corrected chi connectivity index (χ0v) is 14.0. The lowest BCUT2D eigenvalue weighted by Crippen LogP contribution is -2.19. The van der Waals surface area contributed by atoms with Crippen LogP contribution in [0.1, 0.15) is 26.6 Å². The molecule has 2 rings (SSSR count). The van der Waals surface area contributed by atoms with Crippen molar-refractivity contribution in [1.82, 2.24) is 9.55 Å². The van der Waals surface area contributed by atoms with E-state index < -0.39 is 0 Å². The first-order valence-electron chi connectivity index (χ1n) is 6.69. The summed E-state index contributed by atoms with van der Waals surface area (Å²) in [4.78, 5) is 4.71. The van der Waals surface area contributed by atoms with Crippen molar-refractivity contribution in [2.45, 2.75) is 32.7 Å². The molecule has 5 heteroatoms. The Morgan fingerprint density at radius 3 is 2.33 bits per heavy atom. The smallest absolute Gasteiger partial charge is 0.132 e. The lowest BCUT2D eigenvalue weighted by Gasteiger charge is -2.19. The number of rotatable bonds is 3. The molecule has 1 aromatic carbocycles. The molecule has 0 aliphatic heterocycles. The van der Waals surface area contributed by atoms with Crippen molar-refractivity contribution >= 4 is 29.0 Å². The Kier molecular flexibility index (Phi) is 4.35. The normalized spacial score (nSPS) is 11.7. The average Bonchev–Trinajstić information content (AvgIpc) is 2.68. The summed E-state index contributed by atoms with van der Waals surface area (Å²) in [5.74, 6) is 1.43. The lowest BCUT2D eigenvalue weighted by atomic mass is 9.95. The second-order valence-corrected chi connectivity index (χ2v) is 6.73. The van der Waals surface area contributed by atoms with Crippen LogP contribution in [0.5, 0.6) is 0 Å². The number of aromatic nitrogens is 2. The number of nitrogen functional groups attached to an aromatic ring is 1. The van der Waals surface area contributed by atoms with Gasteiger partial charge in [0.15, 0.2) is 0 Å². The number of halogens is 2. The minimum Gasteiger partial charge on any atom is -0.383 e. The van der Waals surface area contributed by atoms with E-state index in [2.05, 4.69) is 27.4 Å². The Morgan fingerprint density at radius 2 is 1.86 bits per heavy atom. The van der Waals surface area contributed by atoms with Gasteiger partial charge in [-0.2, -0.15) is 0 Å². The topological polar surface area (TPSA) is 43.8 Å². The summed E-state index contributed by atoms with van der Waals surface area (Å²) in [6.07, 6.45) is 1.80. The van der Waals surface area contributed by atoms with Gasteiger partial charge < -0.3 is 10.3 Å². The van der Waals surface area contributed by atoms with Crippen LogP contribution in [0.15, 0.2) is 30.9 Å². The summed E-state index contributed by atoms with van der Waals surface area (Å²) < 4.78 is 1.95. The van der Waals surface area contributed by atoms with Crippen molar-refractivity contribution < 1.29 is 0 Å². The van der Waals surface area contributed by atoms with Gasteiger partial charge in [0, 0.05) is 17.5 Å². The van der Waals surface area contributed by atoms with Crippen LogP contribution in [0.4, 0.5) is 5.82 Å². The fourth-order valence-electron chi connectivity index (χ4n) is 2.26. The largest absolute Gasteiger partial charge is 0.383 e. The number of benzene rings is 1. The molecule has 112 valence electrons. The first kappa shape index (κ1) is 15.9. The van der Waals surface area contributed by atoms with E-state index in [0.717, 1.165) is 5.82 Å². The van der Waals surface area contributed by atoms with E-state index in [1.54, 1.807) is 24.3 Å². The van der Waals surface area contributed by atoms with Gasteiger partial charge in [0.25, 0.3) is 0 Å². The van der Waals surface area contributed by atoms with Crippen molar-refractivity contribution in [3.8, 4) is 11.3 Å². The third-order valence-electron chi connectivity index (χ3n) is 3.19. The summed E-state index contributed by atoms with van der Waals surface area (Å²) in [6.45, 7) is 10.6. The Morgan fingerprint density at radius 1 is 1.29 bits per heavy atom. The van der Waals surface area contributed by atoms with Crippen LogP contribution in [0.25, 0.3) is 11.3 Å². The van der Waals surface area contributed by atoms with E-state index in [-0.39, 0.29) is 5.41 Å². The van der Waals surface area contributed by atoms with E-state index in [1.807, 2.05) is 4.57 Å². The SMILES string of the molecule is C=CCn1c(C(C)(C)C)nc(-c2c(Cl)cccc2Cl)c1N. The molecule has 21 heavy (non-hydrogen) atoms. The molecule has 0 aliphatic rings. The molecule has 0 saturated heterocycles. The molecular weight excluding hydrogens is 305 g/mol. The van der Waals surface area contributed by atoms with Crippen LogP contribution < -0.4 is 5.73 Å².